The van der Waals surface area contributed by atoms with E-state index in [1.165, 1.54) is 5.56 Å². The van der Waals surface area contributed by atoms with E-state index in [9.17, 15) is 14.3 Å². The highest BCUT2D eigenvalue weighted by Gasteiger charge is 2.45. The van der Waals surface area contributed by atoms with Crippen molar-refractivity contribution in [1.29, 1.82) is 0 Å². The molecule has 3 aliphatic rings. The first-order valence-corrected chi connectivity index (χ1v) is 10.4. The lowest BCUT2D eigenvalue weighted by Gasteiger charge is -2.44. The van der Waals surface area contributed by atoms with Crippen molar-refractivity contribution in [2.45, 2.75) is 76.0 Å². The van der Waals surface area contributed by atoms with Crippen LogP contribution >= 0.6 is 0 Å². The summed E-state index contributed by atoms with van der Waals surface area (Å²) in [6.07, 6.45) is 5.86. The van der Waals surface area contributed by atoms with Crippen molar-refractivity contribution in [1.82, 2.24) is 9.80 Å². The zero-order valence-corrected chi connectivity index (χ0v) is 16.4. The maximum Gasteiger partial charge on any atom is 0.320 e. The second kappa shape index (κ2) is 7.08. The van der Waals surface area contributed by atoms with Crippen molar-refractivity contribution < 1.29 is 14.3 Å². The van der Waals surface area contributed by atoms with Gasteiger partial charge in [-0.25, -0.2) is 9.18 Å². The Bertz CT molecular complexity index is 663. The number of hydrogen-bond acceptors (Lipinski definition) is 2. The van der Waals surface area contributed by atoms with Gasteiger partial charge in [-0.15, -0.1) is 0 Å². The summed E-state index contributed by atoms with van der Waals surface area (Å²) < 4.78 is 13.2. The second-order valence-electron chi connectivity index (χ2n) is 9.21. The van der Waals surface area contributed by atoms with Crippen molar-refractivity contribution in [3.05, 3.63) is 35.6 Å². The fourth-order valence-corrected chi connectivity index (χ4v) is 5.44. The van der Waals surface area contributed by atoms with Crippen LogP contribution in [0.25, 0.3) is 0 Å². The van der Waals surface area contributed by atoms with Crippen LogP contribution in [0.2, 0.25) is 0 Å². The van der Waals surface area contributed by atoms with Gasteiger partial charge in [0.2, 0.25) is 0 Å². The van der Waals surface area contributed by atoms with Crippen LogP contribution in [0.1, 0.15) is 63.9 Å². The summed E-state index contributed by atoms with van der Waals surface area (Å²) in [5.41, 5.74) is 0.535. The van der Waals surface area contributed by atoms with Gasteiger partial charge in [0.1, 0.15) is 5.82 Å². The monoisotopic (exact) mass is 374 g/mol. The molecule has 4 nitrogen and oxygen atoms in total. The number of rotatable bonds is 2. The van der Waals surface area contributed by atoms with Gasteiger partial charge in [0.05, 0.1) is 5.60 Å². The minimum atomic E-state index is -0.665. The number of amides is 2. The molecule has 2 bridgehead atoms. The average Bonchev–Trinajstić information content (AvgIpc) is 2.90. The number of benzene rings is 1. The lowest BCUT2D eigenvalue weighted by atomic mass is 9.83. The molecular formula is C22H31FN2O2. The first-order chi connectivity index (χ1) is 12.8. The first-order valence-electron chi connectivity index (χ1n) is 10.4. The number of halogens is 1. The Hall–Kier alpha value is -1.62. The summed E-state index contributed by atoms with van der Waals surface area (Å²) in [5.74, 6) is 0.499. The molecule has 1 unspecified atom stereocenters. The quantitative estimate of drug-likeness (QED) is 0.845. The molecular weight excluding hydrogens is 343 g/mol. The van der Waals surface area contributed by atoms with Crippen LogP contribution in [0.4, 0.5) is 9.18 Å². The number of hydrogen-bond donors (Lipinski definition) is 1. The van der Waals surface area contributed by atoms with E-state index in [1.54, 1.807) is 12.1 Å². The fraction of sp³-hybridized carbons (Fsp3) is 0.682. The largest absolute Gasteiger partial charge is 0.390 e. The number of carbonyl (C=O) groups is 1. The minimum Gasteiger partial charge on any atom is -0.390 e. The molecule has 1 N–H and O–H groups in total. The summed E-state index contributed by atoms with van der Waals surface area (Å²) in [5, 5.41) is 10.2. The Morgan fingerprint density at radius 2 is 1.59 bits per heavy atom. The number of piperidine rings is 2. The molecule has 0 radical (unpaired) electrons. The van der Waals surface area contributed by atoms with E-state index in [2.05, 4.69) is 4.90 Å². The van der Waals surface area contributed by atoms with Gasteiger partial charge in [0, 0.05) is 25.2 Å². The molecule has 148 valence electrons. The van der Waals surface area contributed by atoms with Crippen LogP contribution in [0.3, 0.4) is 0 Å². The van der Waals surface area contributed by atoms with Crippen LogP contribution < -0.4 is 0 Å². The Morgan fingerprint density at radius 1 is 1.04 bits per heavy atom. The minimum absolute atomic E-state index is 0.189. The smallest absolute Gasteiger partial charge is 0.320 e. The molecule has 1 aromatic carbocycles. The molecule has 3 atom stereocenters. The van der Waals surface area contributed by atoms with Crippen LogP contribution in [-0.4, -0.2) is 51.7 Å². The Balaban J connectivity index is 1.40. The summed E-state index contributed by atoms with van der Waals surface area (Å²) in [6.45, 7) is 5.22. The fourth-order valence-electron chi connectivity index (χ4n) is 5.44. The summed E-state index contributed by atoms with van der Waals surface area (Å²) in [4.78, 5) is 17.3. The van der Waals surface area contributed by atoms with E-state index >= 15 is 0 Å². The zero-order valence-electron chi connectivity index (χ0n) is 16.4. The number of urea groups is 1. The maximum absolute atomic E-state index is 13.2. The summed E-state index contributed by atoms with van der Waals surface area (Å²) in [6, 6.07) is 7.69. The maximum atomic E-state index is 13.2. The van der Waals surface area contributed by atoms with Crippen LogP contribution in [0.5, 0.6) is 0 Å². The van der Waals surface area contributed by atoms with Crippen molar-refractivity contribution in [2.24, 2.45) is 5.92 Å². The van der Waals surface area contributed by atoms with Gasteiger partial charge in [-0.3, -0.25) is 0 Å². The lowest BCUT2D eigenvalue weighted by Crippen LogP contribution is -2.54. The summed E-state index contributed by atoms with van der Waals surface area (Å²) >= 11 is 0. The number of carbonyl (C=O) groups excluding carboxylic acids is 1. The third-order valence-corrected chi connectivity index (χ3v) is 7.06. The molecule has 0 aliphatic carbocycles. The van der Waals surface area contributed by atoms with E-state index in [0.29, 0.717) is 18.0 Å². The Kier molecular flexibility index (Phi) is 4.91. The first kappa shape index (κ1) is 18.7. The van der Waals surface area contributed by atoms with E-state index in [0.717, 1.165) is 51.6 Å². The van der Waals surface area contributed by atoms with Crippen LogP contribution in [-0.2, 0) is 0 Å². The van der Waals surface area contributed by atoms with Gasteiger partial charge < -0.3 is 14.9 Å². The molecule has 0 spiro atoms. The third-order valence-electron chi connectivity index (χ3n) is 7.06. The Morgan fingerprint density at radius 3 is 2.11 bits per heavy atom. The number of fused-ring (bicyclic) bond motifs is 2. The number of aliphatic hydroxyl groups is 1. The average molecular weight is 375 g/mol. The number of nitrogens with zero attached hydrogens (tertiary/aromatic N) is 2. The molecule has 3 fully saturated rings. The van der Waals surface area contributed by atoms with E-state index < -0.39 is 5.60 Å². The third kappa shape index (κ3) is 3.71. The van der Waals surface area contributed by atoms with Gasteiger partial charge in [-0.1, -0.05) is 12.1 Å². The topological polar surface area (TPSA) is 43.8 Å². The molecule has 3 heterocycles. The molecule has 5 heteroatoms. The normalized spacial score (nSPS) is 29.3. The highest BCUT2D eigenvalue weighted by atomic mass is 19.1. The van der Waals surface area contributed by atoms with Crippen molar-refractivity contribution >= 4 is 6.03 Å². The molecule has 3 aliphatic heterocycles. The van der Waals surface area contributed by atoms with Crippen LogP contribution in [0, 0.1) is 11.7 Å². The van der Waals surface area contributed by atoms with Gasteiger partial charge in [-0.05, 0) is 81.9 Å². The highest BCUT2D eigenvalue weighted by molar-refractivity contribution is 5.76. The molecule has 3 saturated heterocycles. The predicted octanol–water partition coefficient (Wildman–Crippen LogP) is 4.14. The van der Waals surface area contributed by atoms with Crippen molar-refractivity contribution in [3.8, 4) is 0 Å². The molecule has 27 heavy (non-hydrogen) atoms. The van der Waals surface area contributed by atoms with Gasteiger partial charge in [-0.2, -0.15) is 0 Å². The molecule has 0 aromatic heterocycles. The van der Waals surface area contributed by atoms with E-state index in [1.807, 2.05) is 30.9 Å². The lowest BCUT2D eigenvalue weighted by molar-refractivity contribution is -0.0112. The zero-order chi connectivity index (χ0) is 19.2. The summed E-state index contributed by atoms with van der Waals surface area (Å²) in [7, 11) is 0. The van der Waals surface area contributed by atoms with Crippen molar-refractivity contribution in [2.75, 3.05) is 13.1 Å². The molecule has 1 aromatic rings. The molecule has 4 rings (SSSR count). The van der Waals surface area contributed by atoms with Gasteiger partial charge in [0.15, 0.2) is 0 Å². The predicted molar refractivity (Wildman–Crippen MR) is 103 cm³/mol. The van der Waals surface area contributed by atoms with Gasteiger partial charge in [0.25, 0.3) is 0 Å². The van der Waals surface area contributed by atoms with Crippen LogP contribution in [0.15, 0.2) is 24.3 Å². The SMILES string of the molecule is CC(C)(O)C1CCN(C(=O)N2[C@@H]3CC[C@H]2CC(c2ccc(F)cc2)C3)CC1. The van der Waals surface area contributed by atoms with Crippen molar-refractivity contribution in [3.63, 3.8) is 0 Å². The number of likely N-dealkylation sites (tertiary alicyclic amines) is 1. The van der Waals surface area contributed by atoms with Gasteiger partial charge >= 0.3 is 6.03 Å². The van der Waals surface area contributed by atoms with E-state index in [-0.39, 0.29) is 17.8 Å². The second-order valence-corrected chi connectivity index (χ2v) is 9.21. The molecule has 2 amide bonds. The van der Waals surface area contributed by atoms with E-state index in [4.69, 9.17) is 0 Å². The standard InChI is InChI=1S/C22H31FN2O2/c1-22(2,27)17-9-11-24(12-10-17)21(26)25-19-7-8-20(25)14-16(13-19)15-3-5-18(23)6-4-15/h3-6,16-17,19-20,27H,7-14H2,1-2H3/t16?,19-,20+. The highest BCUT2D eigenvalue weighted by Crippen LogP contribution is 2.44. The Labute approximate surface area is 161 Å². The molecule has 0 saturated carbocycles.